The molecular formula is C16H17F3N2S2. The predicted molar refractivity (Wildman–Crippen MR) is 89.0 cm³/mol. The lowest BCUT2D eigenvalue weighted by Crippen LogP contribution is -2.45. The molecule has 0 amide bonds. The molecule has 0 unspecified atom stereocenters. The number of thiophene rings is 1. The summed E-state index contributed by atoms with van der Waals surface area (Å²) in [5, 5.41) is 5.37. The van der Waals surface area contributed by atoms with Crippen LogP contribution in [0.15, 0.2) is 46.7 Å². The summed E-state index contributed by atoms with van der Waals surface area (Å²) in [6.07, 6.45) is 0. The van der Waals surface area contributed by atoms with Gasteiger partial charge in [-0.15, -0.1) is 11.3 Å². The number of thioether (sulfide) groups is 1. The van der Waals surface area contributed by atoms with Crippen molar-refractivity contribution in [3.8, 4) is 0 Å². The molecule has 0 radical (unpaired) electrons. The van der Waals surface area contributed by atoms with Crippen LogP contribution in [0.5, 0.6) is 0 Å². The topological polar surface area (TPSA) is 15.3 Å². The average molecular weight is 358 g/mol. The van der Waals surface area contributed by atoms with Crippen LogP contribution < -0.4 is 5.32 Å². The second kappa shape index (κ2) is 7.25. The number of piperazine rings is 1. The van der Waals surface area contributed by atoms with Gasteiger partial charge in [0, 0.05) is 36.0 Å². The zero-order chi connectivity index (χ0) is 16.3. The molecule has 1 aliphatic heterocycles. The molecule has 23 heavy (non-hydrogen) atoms. The third kappa shape index (κ3) is 4.50. The molecule has 0 aliphatic carbocycles. The van der Waals surface area contributed by atoms with Crippen molar-refractivity contribution in [3.05, 3.63) is 52.2 Å². The average Bonchev–Trinajstić information content (AvgIpc) is 3.03. The van der Waals surface area contributed by atoms with Crippen molar-refractivity contribution < 1.29 is 13.2 Å². The first-order valence-electron chi connectivity index (χ1n) is 7.37. The molecule has 2 heterocycles. The molecule has 1 saturated heterocycles. The zero-order valence-corrected chi connectivity index (χ0v) is 14.0. The molecule has 1 atom stereocenters. The van der Waals surface area contributed by atoms with Crippen LogP contribution in [0.3, 0.4) is 0 Å². The van der Waals surface area contributed by atoms with Crippen molar-refractivity contribution in [3.63, 3.8) is 0 Å². The largest absolute Gasteiger partial charge is 0.446 e. The number of hydrogen-bond acceptors (Lipinski definition) is 4. The molecule has 1 aromatic heterocycles. The standard InChI is InChI=1S/C16H17F3N2S2/c17-16(18,19)23-13-5-3-12(4-6-13)15(14-2-1-11-22-14)21-9-7-20-8-10-21/h1-6,11,15,20H,7-10H2/t15-/m0/s1. The lowest BCUT2D eigenvalue weighted by atomic mass is 10.0. The van der Waals surface area contributed by atoms with Crippen LogP contribution in [0.4, 0.5) is 13.2 Å². The van der Waals surface area contributed by atoms with Gasteiger partial charge in [-0.1, -0.05) is 18.2 Å². The Morgan fingerprint density at radius 1 is 1.09 bits per heavy atom. The Hall–Kier alpha value is -1.02. The van der Waals surface area contributed by atoms with Gasteiger partial charge in [-0.25, -0.2) is 0 Å². The Kier molecular flexibility index (Phi) is 5.31. The van der Waals surface area contributed by atoms with Crippen LogP contribution in [0.1, 0.15) is 16.5 Å². The second-order valence-corrected chi connectivity index (χ2v) is 7.44. The van der Waals surface area contributed by atoms with Gasteiger partial charge in [-0.05, 0) is 40.9 Å². The van der Waals surface area contributed by atoms with Gasteiger partial charge in [-0.2, -0.15) is 13.2 Å². The summed E-state index contributed by atoms with van der Waals surface area (Å²) in [5.41, 5.74) is -3.20. The van der Waals surface area contributed by atoms with Gasteiger partial charge < -0.3 is 5.32 Å². The Balaban J connectivity index is 1.84. The van der Waals surface area contributed by atoms with Gasteiger partial charge in [-0.3, -0.25) is 4.90 Å². The first-order chi connectivity index (χ1) is 11.0. The second-order valence-electron chi connectivity index (χ2n) is 5.32. The minimum Gasteiger partial charge on any atom is -0.314 e. The summed E-state index contributed by atoms with van der Waals surface area (Å²) in [7, 11) is 0. The molecule has 2 aromatic rings. The molecule has 0 saturated carbocycles. The van der Waals surface area contributed by atoms with Crippen molar-refractivity contribution >= 4 is 23.1 Å². The third-order valence-corrected chi connectivity index (χ3v) is 5.42. The highest BCUT2D eigenvalue weighted by Gasteiger charge is 2.29. The van der Waals surface area contributed by atoms with Crippen molar-refractivity contribution in [2.75, 3.05) is 26.2 Å². The quantitative estimate of drug-likeness (QED) is 0.818. The van der Waals surface area contributed by atoms with E-state index >= 15 is 0 Å². The predicted octanol–water partition coefficient (Wildman–Crippen LogP) is 4.35. The minimum atomic E-state index is -4.24. The number of nitrogens with one attached hydrogen (secondary N) is 1. The first-order valence-corrected chi connectivity index (χ1v) is 9.06. The van der Waals surface area contributed by atoms with Gasteiger partial charge >= 0.3 is 5.51 Å². The zero-order valence-electron chi connectivity index (χ0n) is 12.3. The lowest BCUT2D eigenvalue weighted by Gasteiger charge is -2.34. The van der Waals surface area contributed by atoms with Gasteiger partial charge in [0.15, 0.2) is 0 Å². The Bertz CT molecular complexity index is 605. The van der Waals surface area contributed by atoms with Crippen LogP contribution in [0.2, 0.25) is 0 Å². The molecule has 2 nitrogen and oxygen atoms in total. The molecule has 1 aliphatic rings. The summed E-state index contributed by atoms with van der Waals surface area (Å²) >= 11 is 1.62. The lowest BCUT2D eigenvalue weighted by molar-refractivity contribution is -0.0328. The fourth-order valence-electron chi connectivity index (χ4n) is 2.79. The SMILES string of the molecule is FC(F)(F)Sc1ccc([C@@H](c2cccs2)N2CCNCC2)cc1. The maximum absolute atomic E-state index is 12.5. The van der Waals surface area contributed by atoms with Crippen LogP contribution in [0, 0.1) is 0 Å². The molecule has 0 bridgehead atoms. The van der Waals surface area contributed by atoms with Crippen LogP contribution in [-0.4, -0.2) is 36.6 Å². The molecule has 1 N–H and O–H groups in total. The van der Waals surface area contributed by atoms with E-state index in [1.165, 1.54) is 4.88 Å². The minimum absolute atomic E-state index is 0.0668. The Labute approximate surface area is 141 Å². The maximum atomic E-state index is 12.5. The summed E-state index contributed by atoms with van der Waals surface area (Å²) in [6, 6.07) is 11.0. The van der Waals surface area contributed by atoms with Crippen molar-refractivity contribution in [1.29, 1.82) is 0 Å². The molecule has 1 fully saturated rings. The first kappa shape index (κ1) is 16.8. The van der Waals surface area contributed by atoms with Gasteiger partial charge in [0.1, 0.15) is 0 Å². The molecule has 124 valence electrons. The van der Waals surface area contributed by atoms with Crippen molar-refractivity contribution in [2.24, 2.45) is 0 Å². The van der Waals surface area contributed by atoms with Crippen LogP contribution in [-0.2, 0) is 0 Å². The smallest absolute Gasteiger partial charge is 0.314 e. The van der Waals surface area contributed by atoms with E-state index in [-0.39, 0.29) is 22.7 Å². The molecule has 1 aromatic carbocycles. The van der Waals surface area contributed by atoms with E-state index in [9.17, 15) is 13.2 Å². The number of alkyl halides is 3. The third-order valence-electron chi connectivity index (χ3n) is 3.76. The highest BCUT2D eigenvalue weighted by atomic mass is 32.2. The summed E-state index contributed by atoms with van der Waals surface area (Å²) in [4.78, 5) is 3.84. The van der Waals surface area contributed by atoms with E-state index in [1.807, 2.05) is 23.6 Å². The molecule has 7 heteroatoms. The van der Waals surface area contributed by atoms with Gasteiger partial charge in [0.2, 0.25) is 0 Å². The van der Waals surface area contributed by atoms with Gasteiger partial charge in [0.25, 0.3) is 0 Å². The van der Waals surface area contributed by atoms with E-state index in [4.69, 9.17) is 0 Å². The fraction of sp³-hybridized carbons (Fsp3) is 0.375. The monoisotopic (exact) mass is 358 g/mol. The normalized spacial score (nSPS) is 18.0. The van der Waals surface area contributed by atoms with Crippen molar-refractivity contribution in [2.45, 2.75) is 16.4 Å². The molecular weight excluding hydrogens is 341 g/mol. The van der Waals surface area contributed by atoms with E-state index in [2.05, 4.69) is 16.3 Å². The highest BCUT2D eigenvalue weighted by Crippen LogP contribution is 2.38. The highest BCUT2D eigenvalue weighted by molar-refractivity contribution is 8.00. The van der Waals surface area contributed by atoms with E-state index in [0.717, 1.165) is 31.7 Å². The Morgan fingerprint density at radius 2 is 1.78 bits per heavy atom. The number of benzene rings is 1. The Morgan fingerprint density at radius 3 is 2.35 bits per heavy atom. The summed E-state index contributed by atoms with van der Waals surface area (Å²) in [5.74, 6) is 0. The number of halogens is 3. The van der Waals surface area contributed by atoms with Gasteiger partial charge in [0.05, 0.1) is 6.04 Å². The fourth-order valence-corrected chi connectivity index (χ4v) is 4.22. The van der Waals surface area contributed by atoms with E-state index < -0.39 is 5.51 Å². The maximum Gasteiger partial charge on any atom is 0.446 e. The summed E-state index contributed by atoms with van der Waals surface area (Å²) in [6.45, 7) is 3.73. The number of rotatable bonds is 4. The van der Waals surface area contributed by atoms with Crippen LogP contribution in [0.25, 0.3) is 0 Å². The van der Waals surface area contributed by atoms with Crippen molar-refractivity contribution in [1.82, 2.24) is 10.2 Å². The van der Waals surface area contributed by atoms with Crippen LogP contribution >= 0.6 is 23.1 Å². The number of nitrogens with zero attached hydrogens (tertiary/aromatic N) is 1. The number of hydrogen-bond donors (Lipinski definition) is 1. The van der Waals surface area contributed by atoms with E-state index in [0.29, 0.717) is 0 Å². The van der Waals surface area contributed by atoms with E-state index in [1.54, 1.807) is 23.5 Å². The molecule has 3 rings (SSSR count). The molecule has 0 spiro atoms. The summed E-state index contributed by atoms with van der Waals surface area (Å²) < 4.78 is 37.4.